The van der Waals surface area contributed by atoms with E-state index in [0.717, 1.165) is 45.4 Å². The van der Waals surface area contributed by atoms with Gasteiger partial charge in [-0.05, 0) is 18.6 Å². The highest BCUT2D eigenvalue weighted by Crippen LogP contribution is 2.21. The summed E-state index contributed by atoms with van der Waals surface area (Å²) in [6.07, 6.45) is 3.86. The van der Waals surface area contributed by atoms with Crippen molar-refractivity contribution in [3.8, 4) is 0 Å². The highest BCUT2D eigenvalue weighted by atomic mass is 35.5. The highest BCUT2D eigenvalue weighted by molar-refractivity contribution is 6.31. The minimum Gasteiger partial charge on any atom is -0.340 e. The van der Waals surface area contributed by atoms with E-state index in [-0.39, 0.29) is 11.7 Å². The minimum absolute atomic E-state index is 0.247. The molecular weight excluding hydrogens is 303 g/mol. The Morgan fingerprint density at radius 1 is 1.23 bits per heavy atom. The first-order valence-corrected chi connectivity index (χ1v) is 8.42. The number of hydrogen-bond donors (Lipinski definition) is 0. The van der Waals surface area contributed by atoms with Crippen LogP contribution in [-0.4, -0.2) is 41.9 Å². The van der Waals surface area contributed by atoms with E-state index >= 15 is 0 Å². The maximum atomic E-state index is 13.8. The lowest BCUT2D eigenvalue weighted by Gasteiger charge is -2.35. The van der Waals surface area contributed by atoms with Crippen LogP contribution in [0.5, 0.6) is 0 Å². The van der Waals surface area contributed by atoms with Crippen LogP contribution in [0.1, 0.15) is 38.2 Å². The van der Waals surface area contributed by atoms with Gasteiger partial charge in [0, 0.05) is 49.7 Å². The predicted molar refractivity (Wildman–Crippen MR) is 87.4 cm³/mol. The van der Waals surface area contributed by atoms with Crippen molar-refractivity contribution >= 4 is 17.5 Å². The molecule has 0 aliphatic carbocycles. The van der Waals surface area contributed by atoms with Crippen molar-refractivity contribution < 1.29 is 9.18 Å². The van der Waals surface area contributed by atoms with Crippen molar-refractivity contribution in [3.05, 3.63) is 34.6 Å². The van der Waals surface area contributed by atoms with Crippen molar-refractivity contribution in [1.82, 2.24) is 9.80 Å². The number of benzene rings is 1. The third-order valence-electron chi connectivity index (χ3n) is 4.16. The van der Waals surface area contributed by atoms with Gasteiger partial charge in [0.05, 0.1) is 0 Å². The molecule has 122 valence electrons. The van der Waals surface area contributed by atoms with Crippen LogP contribution in [0.4, 0.5) is 4.39 Å². The summed E-state index contributed by atoms with van der Waals surface area (Å²) in [6.45, 7) is 5.61. The van der Waals surface area contributed by atoms with Crippen LogP contribution in [0.2, 0.25) is 5.02 Å². The molecule has 22 heavy (non-hydrogen) atoms. The topological polar surface area (TPSA) is 23.6 Å². The SMILES string of the molecule is CCCCCC(=O)N1CCN(Cc2c(F)cccc2Cl)CC1. The molecule has 0 bridgehead atoms. The van der Waals surface area contributed by atoms with Gasteiger partial charge >= 0.3 is 0 Å². The molecule has 0 unspecified atom stereocenters. The first-order chi connectivity index (χ1) is 10.6. The summed E-state index contributed by atoms with van der Waals surface area (Å²) in [4.78, 5) is 16.2. The Hall–Kier alpha value is -1.13. The fourth-order valence-electron chi connectivity index (χ4n) is 2.75. The van der Waals surface area contributed by atoms with Crippen LogP contribution >= 0.6 is 11.6 Å². The summed E-state index contributed by atoms with van der Waals surface area (Å²) in [6, 6.07) is 4.77. The number of hydrogen-bond acceptors (Lipinski definition) is 2. The number of piperazine rings is 1. The van der Waals surface area contributed by atoms with E-state index in [9.17, 15) is 9.18 Å². The zero-order chi connectivity index (χ0) is 15.9. The van der Waals surface area contributed by atoms with E-state index < -0.39 is 0 Å². The molecule has 2 rings (SSSR count). The lowest BCUT2D eigenvalue weighted by Crippen LogP contribution is -2.48. The van der Waals surface area contributed by atoms with Gasteiger partial charge in [-0.1, -0.05) is 37.4 Å². The number of amides is 1. The van der Waals surface area contributed by atoms with Crippen molar-refractivity contribution in [2.24, 2.45) is 0 Å². The molecule has 1 saturated heterocycles. The molecule has 1 aromatic carbocycles. The number of nitrogens with zero attached hydrogens (tertiary/aromatic N) is 2. The molecule has 1 aromatic rings. The number of halogens is 2. The number of carbonyl (C=O) groups is 1. The van der Waals surface area contributed by atoms with E-state index in [1.165, 1.54) is 6.07 Å². The zero-order valence-corrected chi connectivity index (χ0v) is 13.9. The van der Waals surface area contributed by atoms with Crippen LogP contribution in [0.3, 0.4) is 0 Å². The molecular formula is C17H24ClFN2O. The fraction of sp³-hybridized carbons (Fsp3) is 0.588. The summed E-state index contributed by atoms with van der Waals surface area (Å²) >= 11 is 6.07. The first-order valence-electron chi connectivity index (χ1n) is 8.05. The van der Waals surface area contributed by atoms with E-state index in [2.05, 4.69) is 11.8 Å². The molecule has 1 heterocycles. The molecule has 5 heteroatoms. The second-order valence-corrected chi connectivity index (χ2v) is 6.22. The first kappa shape index (κ1) is 17.2. The van der Waals surface area contributed by atoms with Crippen LogP contribution in [0.25, 0.3) is 0 Å². The van der Waals surface area contributed by atoms with Crippen molar-refractivity contribution in [3.63, 3.8) is 0 Å². The second kappa shape index (κ2) is 8.49. The Balaban J connectivity index is 1.81. The van der Waals surface area contributed by atoms with Gasteiger partial charge in [-0.3, -0.25) is 9.69 Å². The largest absolute Gasteiger partial charge is 0.340 e. The number of unbranched alkanes of at least 4 members (excludes halogenated alkanes) is 2. The van der Waals surface area contributed by atoms with Gasteiger partial charge in [-0.2, -0.15) is 0 Å². The van der Waals surface area contributed by atoms with E-state index in [0.29, 0.717) is 23.6 Å². The maximum absolute atomic E-state index is 13.8. The Morgan fingerprint density at radius 2 is 1.95 bits per heavy atom. The Morgan fingerprint density at radius 3 is 2.59 bits per heavy atom. The molecule has 1 aliphatic heterocycles. The Bertz CT molecular complexity index is 481. The summed E-state index contributed by atoms with van der Waals surface area (Å²) in [7, 11) is 0. The van der Waals surface area contributed by atoms with Crippen molar-refractivity contribution in [2.75, 3.05) is 26.2 Å². The molecule has 1 amide bonds. The lowest BCUT2D eigenvalue weighted by molar-refractivity contribution is -0.133. The molecule has 0 radical (unpaired) electrons. The Kier molecular flexibility index (Phi) is 6.65. The summed E-state index contributed by atoms with van der Waals surface area (Å²) < 4.78 is 13.8. The second-order valence-electron chi connectivity index (χ2n) is 5.81. The highest BCUT2D eigenvalue weighted by Gasteiger charge is 2.22. The van der Waals surface area contributed by atoms with E-state index in [4.69, 9.17) is 11.6 Å². The normalized spacial score (nSPS) is 16.0. The standard InChI is InChI=1S/C17H24ClFN2O/c1-2-3-4-8-17(22)21-11-9-20(10-12-21)13-14-15(18)6-5-7-16(14)19/h5-7H,2-4,8-13H2,1H3. The van der Waals surface area contributed by atoms with Gasteiger partial charge in [-0.15, -0.1) is 0 Å². The minimum atomic E-state index is -0.259. The van der Waals surface area contributed by atoms with Gasteiger partial charge in [0.15, 0.2) is 0 Å². The number of rotatable bonds is 6. The van der Waals surface area contributed by atoms with Crippen LogP contribution < -0.4 is 0 Å². The van der Waals surface area contributed by atoms with Crippen LogP contribution in [0.15, 0.2) is 18.2 Å². The fourth-order valence-corrected chi connectivity index (χ4v) is 2.97. The Labute approximate surface area is 137 Å². The lowest BCUT2D eigenvalue weighted by atomic mass is 10.1. The monoisotopic (exact) mass is 326 g/mol. The van der Waals surface area contributed by atoms with E-state index in [1.54, 1.807) is 12.1 Å². The van der Waals surface area contributed by atoms with Gasteiger partial charge in [0.2, 0.25) is 5.91 Å². The van der Waals surface area contributed by atoms with Gasteiger partial charge in [-0.25, -0.2) is 4.39 Å². The van der Waals surface area contributed by atoms with Gasteiger partial charge in [0.1, 0.15) is 5.82 Å². The molecule has 0 atom stereocenters. The maximum Gasteiger partial charge on any atom is 0.222 e. The quantitative estimate of drug-likeness (QED) is 0.744. The third-order valence-corrected chi connectivity index (χ3v) is 4.52. The average Bonchev–Trinajstić information content (AvgIpc) is 2.52. The molecule has 1 fully saturated rings. The molecule has 0 aromatic heterocycles. The predicted octanol–water partition coefficient (Wildman–Crippen LogP) is 3.70. The molecule has 0 saturated carbocycles. The molecule has 1 aliphatic rings. The van der Waals surface area contributed by atoms with E-state index in [1.807, 2.05) is 4.90 Å². The van der Waals surface area contributed by atoms with Crippen molar-refractivity contribution in [1.29, 1.82) is 0 Å². The average molecular weight is 327 g/mol. The molecule has 0 N–H and O–H groups in total. The smallest absolute Gasteiger partial charge is 0.222 e. The van der Waals surface area contributed by atoms with Crippen molar-refractivity contribution in [2.45, 2.75) is 39.2 Å². The summed E-state index contributed by atoms with van der Waals surface area (Å²) in [5.41, 5.74) is 0.548. The van der Waals surface area contributed by atoms with Gasteiger partial charge < -0.3 is 4.90 Å². The third kappa shape index (κ3) is 4.68. The molecule has 0 spiro atoms. The van der Waals surface area contributed by atoms with Crippen LogP contribution in [0, 0.1) is 5.82 Å². The van der Waals surface area contributed by atoms with Crippen LogP contribution in [-0.2, 0) is 11.3 Å². The molecule has 3 nitrogen and oxygen atoms in total. The summed E-state index contributed by atoms with van der Waals surface area (Å²) in [5.74, 6) is -0.0115. The number of carbonyl (C=O) groups excluding carboxylic acids is 1. The van der Waals surface area contributed by atoms with Gasteiger partial charge in [0.25, 0.3) is 0 Å². The zero-order valence-electron chi connectivity index (χ0n) is 13.2. The summed E-state index contributed by atoms with van der Waals surface area (Å²) in [5, 5.41) is 0.470.